The average molecular weight is 222 g/mol. The molecule has 2 saturated carbocycles. The average Bonchev–Trinajstić information content (AvgIpc) is 2.28. The van der Waals surface area contributed by atoms with Crippen LogP contribution < -0.4 is 0 Å². The topological polar surface area (TPSA) is 0 Å². The summed E-state index contributed by atoms with van der Waals surface area (Å²) in [6.07, 6.45) is 5.99. The molecule has 0 aliphatic heterocycles. The molecule has 0 spiro atoms. The molecule has 7 unspecified atom stereocenters. The van der Waals surface area contributed by atoms with Crippen LogP contribution in [-0.2, 0) is 0 Å². The third-order valence-corrected chi connectivity index (χ3v) is 6.48. The summed E-state index contributed by atoms with van der Waals surface area (Å²) in [6.45, 7) is 12.3. The predicted octanol–water partition coefficient (Wildman–Crippen LogP) is 4.99. The maximum atomic E-state index is 2.53. The lowest BCUT2D eigenvalue weighted by Crippen LogP contribution is -2.49. The lowest BCUT2D eigenvalue weighted by atomic mass is 9.48. The van der Waals surface area contributed by atoms with E-state index in [1.54, 1.807) is 19.3 Å². The molecule has 2 aliphatic rings. The Kier molecular flexibility index (Phi) is 3.66. The Labute approximate surface area is 102 Å². The Bertz CT molecular complexity index is 222. The summed E-state index contributed by atoms with van der Waals surface area (Å²) in [6, 6.07) is 0. The van der Waals surface area contributed by atoms with E-state index in [-0.39, 0.29) is 0 Å². The quantitative estimate of drug-likeness (QED) is 0.615. The third-order valence-electron chi connectivity index (χ3n) is 6.48. The van der Waals surface area contributed by atoms with Crippen LogP contribution in [0.25, 0.3) is 0 Å². The first-order valence-corrected chi connectivity index (χ1v) is 7.56. The fraction of sp³-hybridized carbons (Fsp3) is 1.00. The molecular weight excluding hydrogens is 192 g/mol. The van der Waals surface area contributed by atoms with Gasteiger partial charge in [0.05, 0.1) is 0 Å². The highest BCUT2D eigenvalue weighted by molar-refractivity contribution is 4.99. The smallest absolute Gasteiger partial charge is 0.0352 e. The van der Waals surface area contributed by atoms with Crippen molar-refractivity contribution in [1.29, 1.82) is 0 Å². The Morgan fingerprint density at radius 3 is 2.06 bits per heavy atom. The van der Waals surface area contributed by atoms with E-state index in [1.165, 1.54) is 6.42 Å². The molecule has 7 atom stereocenters. The maximum Gasteiger partial charge on any atom is -0.0352 e. The van der Waals surface area contributed by atoms with Gasteiger partial charge < -0.3 is 0 Å². The standard InChI is InChI=1S/C16H30/c1-6-10(2)11(3)12(4)13(5)16-9-14-7-8-15(14)16/h10-16H,6-9H2,1-5H3. The molecule has 0 aromatic heterocycles. The molecule has 2 aliphatic carbocycles. The lowest BCUT2D eigenvalue weighted by molar-refractivity contribution is -0.0734. The van der Waals surface area contributed by atoms with Gasteiger partial charge in [-0.05, 0) is 60.7 Å². The van der Waals surface area contributed by atoms with E-state index in [0.717, 1.165) is 41.4 Å². The number of fused-ring (bicyclic) bond motifs is 1. The van der Waals surface area contributed by atoms with Crippen LogP contribution in [0.3, 0.4) is 0 Å². The van der Waals surface area contributed by atoms with Gasteiger partial charge in [0.1, 0.15) is 0 Å². The van der Waals surface area contributed by atoms with Crippen molar-refractivity contribution in [2.24, 2.45) is 41.4 Å². The van der Waals surface area contributed by atoms with Crippen molar-refractivity contribution in [1.82, 2.24) is 0 Å². The molecule has 2 fully saturated rings. The van der Waals surface area contributed by atoms with Crippen LogP contribution in [0.2, 0.25) is 0 Å². The van der Waals surface area contributed by atoms with E-state index in [4.69, 9.17) is 0 Å². The molecule has 0 heteroatoms. The summed E-state index contributed by atoms with van der Waals surface area (Å²) in [5, 5.41) is 0. The number of hydrogen-bond acceptors (Lipinski definition) is 0. The van der Waals surface area contributed by atoms with Crippen molar-refractivity contribution < 1.29 is 0 Å². The summed E-state index contributed by atoms with van der Waals surface area (Å²) in [5.41, 5.74) is 0. The second-order valence-corrected chi connectivity index (χ2v) is 6.86. The molecular formula is C16H30. The summed E-state index contributed by atoms with van der Waals surface area (Å²) >= 11 is 0. The van der Waals surface area contributed by atoms with Gasteiger partial charge in [-0.25, -0.2) is 0 Å². The third kappa shape index (κ3) is 1.93. The molecule has 0 nitrogen and oxygen atoms in total. The molecule has 0 N–H and O–H groups in total. The zero-order chi connectivity index (χ0) is 11.9. The summed E-state index contributed by atoms with van der Waals surface area (Å²) in [7, 11) is 0. The van der Waals surface area contributed by atoms with Crippen LogP contribution in [0.15, 0.2) is 0 Å². The summed E-state index contributed by atoms with van der Waals surface area (Å²) < 4.78 is 0. The highest BCUT2D eigenvalue weighted by Crippen LogP contribution is 2.58. The zero-order valence-electron chi connectivity index (χ0n) is 11.9. The lowest BCUT2D eigenvalue weighted by Gasteiger charge is -2.57. The Balaban J connectivity index is 1.86. The molecule has 16 heavy (non-hydrogen) atoms. The second kappa shape index (κ2) is 4.70. The van der Waals surface area contributed by atoms with Gasteiger partial charge in [0.25, 0.3) is 0 Å². The molecule has 0 heterocycles. The van der Waals surface area contributed by atoms with Crippen molar-refractivity contribution in [2.75, 3.05) is 0 Å². The molecule has 0 saturated heterocycles. The van der Waals surface area contributed by atoms with E-state index >= 15 is 0 Å². The van der Waals surface area contributed by atoms with Crippen molar-refractivity contribution >= 4 is 0 Å². The normalized spacial score (nSPS) is 39.9. The molecule has 2 rings (SSSR count). The summed E-state index contributed by atoms with van der Waals surface area (Å²) in [4.78, 5) is 0. The molecule has 0 aromatic carbocycles. The summed E-state index contributed by atoms with van der Waals surface area (Å²) in [5.74, 6) is 7.06. The van der Waals surface area contributed by atoms with Gasteiger partial charge >= 0.3 is 0 Å². The highest BCUT2D eigenvalue weighted by Gasteiger charge is 2.49. The fourth-order valence-electron chi connectivity index (χ4n) is 4.14. The van der Waals surface area contributed by atoms with Crippen molar-refractivity contribution in [3.05, 3.63) is 0 Å². The van der Waals surface area contributed by atoms with Gasteiger partial charge in [-0.2, -0.15) is 0 Å². The van der Waals surface area contributed by atoms with Crippen LogP contribution in [-0.4, -0.2) is 0 Å². The SMILES string of the molecule is CCC(C)C(C)C(C)C(C)C1CC2CCC21. The predicted molar refractivity (Wildman–Crippen MR) is 71.3 cm³/mol. The monoisotopic (exact) mass is 222 g/mol. The van der Waals surface area contributed by atoms with Crippen molar-refractivity contribution in [3.8, 4) is 0 Å². The van der Waals surface area contributed by atoms with Gasteiger partial charge in [-0.1, -0.05) is 41.0 Å². The Hall–Kier alpha value is 0. The minimum atomic E-state index is 0.898. The number of rotatable bonds is 5. The molecule has 0 radical (unpaired) electrons. The van der Waals surface area contributed by atoms with E-state index < -0.39 is 0 Å². The minimum absolute atomic E-state index is 0.898. The van der Waals surface area contributed by atoms with Crippen LogP contribution >= 0.6 is 0 Å². The van der Waals surface area contributed by atoms with E-state index in [0.29, 0.717) is 0 Å². The van der Waals surface area contributed by atoms with Crippen molar-refractivity contribution in [2.45, 2.75) is 60.3 Å². The van der Waals surface area contributed by atoms with Crippen LogP contribution in [0.5, 0.6) is 0 Å². The first-order chi connectivity index (χ1) is 7.56. The maximum absolute atomic E-state index is 2.53. The number of hydrogen-bond donors (Lipinski definition) is 0. The zero-order valence-corrected chi connectivity index (χ0v) is 11.9. The van der Waals surface area contributed by atoms with Crippen molar-refractivity contribution in [3.63, 3.8) is 0 Å². The largest absolute Gasteiger partial charge is 0.0651 e. The molecule has 94 valence electrons. The Morgan fingerprint density at radius 1 is 1.00 bits per heavy atom. The highest BCUT2D eigenvalue weighted by atomic mass is 14.5. The van der Waals surface area contributed by atoms with Gasteiger partial charge in [-0.3, -0.25) is 0 Å². The van der Waals surface area contributed by atoms with Crippen LogP contribution in [0, 0.1) is 41.4 Å². The van der Waals surface area contributed by atoms with Gasteiger partial charge in [0.15, 0.2) is 0 Å². The van der Waals surface area contributed by atoms with Gasteiger partial charge in [-0.15, -0.1) is 0 Å². The fourth-order valence-corrected chi connectivity index (χ4v) is 4.14. The van der Waals surface area contributed by atoms with E-state index in [9.17, 15) is 0 Å². The van der Waals surface area contributed by atoms with E-state index in [2.05, 4.69) is 34.6 Å². The van der Waals surface area contributed by atoms with Crippen LogP contribution in [0.4, 0.5) is 0 Å². The molecule has 0 bridgehead atoms. The minimum Gasteiger partial charge on any atom is -0.0651 e. The first-order valence-electron chi connectivity index (χ1n) is 7.56. The Morgan fingerprint density at radius 2 is 1.69 bits per heavy atom. The van der Waals surface area contributed by atoms with Crippen LogP contribution in [0.1, 0.15) is 60.3 Å². The van der Waals surface area contributed by atoms with Gasteiger partial charge in [0.2, 0.25) is 0 Å². The van der Waals surface area contributed by atoms with Gasteiger partial charge in [0, 0.05) is 0 Å². The molecule has 0 aromatic rings. The second-order valence-electron chi connectivity index (χ2n) is 6.86. The molecule has 0 amide bonds. The first kappa shape index (κ1) is 12.5. The van der Waals surface area contributed by atoms with E-state index in [1.807, 2.05) is 0 Å².